The first-order valence-corrected chi connectivity index (χ1v) is 17.7. The Morgan fingerprint density at radius 3 is 1.73 bits per heavy atom. The second kappa shape index (κ2) is 9.94. The summed E-state index contributed by atoms with van der Waals surface area (Å²) in [5.41, 5.74) is 6.55. The normalized spacial score (nSPS) is 12.3. The van der Waals surface area contributed by atoms with Crippen LogP contribution in [-0.4, -0.2) is 0 Å². The topological polar surface area (TPSA) is 13.1 Å². The number of furan rings is 1. The molecule has 1 aromatic heterocycles. The Labute approximate surface area is 292 Å². The van der Waals surface area contributed by atoms with Crippen LogP contribution in [0.25, 0.3) is 120 Å². The van der Waals surface area contributed by atoms with Crippen molar-refractivity contribution in [1.82, 2.24) is 0 Å². The van der Waals surface area contributed by atoms with Crippen molar-refractivity contribution in [2.75, 3.05) is 0 Å². The standard InChI is InChI=1S/C50H28O/c1-2-9-35-28-46-43(25-34(35)8-1)45-27-36(37-13-6-14-41-39(37)22-19-32-16-15-29-7-3-4-12-38(29)48(32)41)26-44(50(45)51-46)40-23-20-33-18-17-30-10-5-11-31-21-24-42(40)49(33)47(30)31/h1-28H. The highest BCUT2D eigenvalue weighted by molar-refractivity contribution is 6.27. The van der Waals surface area contributed by atoms with Crippen LogP contribution in [0.1, 0.15) is 0 Å². The molecular weight excluding hydrogens is 617 g/mol. The summed E-state index contributed by atoms with van der Waals surface area (Å²) in [7, 11) is 0. The van der Waals surface area contributed by atoms with E-state index in [4.69, 9.17) is 4.42 Å². The molecule has 0 aliphatic carbocycles. The van der Waals surface area contributed by atoms with Crippen LogP contribution < -0.4 is 0 Å². The summed E-state index contributed by atoms with van der Waals surface area (Å²) in [6.45, 7) is 0. The smallest absolute Gasteiger partial charge is 0.143 e. The number of hydrogen-bond donors (Lipinski definition) is 0. The van der Waals surface area contributed by atoms with Crippen molar-refractivity contribution < 1.29 is 4.42 Å². The first-order valence-electron chi connectivity index (χ1n) is 17.7. The molecule has 0 saturated heterocycles. The molecule has 0 aliphatic rings. The third kappa shape index (κ3) is 3.75. The van der Waals surface area contributed by atoms with E-state index in [0.717, 1.165) is 27.5 Å². The lowest BCUT2D eigenvalue weighted by molar-refractivity contribution is 0.670. The maximum Gasteiger partial charge on any atom is 0.143 e. The molecule has 0 atom stereocenters. The van der Waals surface area contributed by atoms with E-state index in [1.54, 1.807) is 0 Å². The highest BCUT2D eigenvalue weighted by Crippen LogP contribution is 2.46. The van der Waals surface area contributed by atoms with Crippen LogP contribution in [-0.2, 0) is 0 Å². The van der Waals surface area contributed by atoms with E-state index in [-0.39, 0.29) is 0 Å². The van der Waals surface area contributed by atoms with Crippen LogP contribution in [0.15, 0.2) is 174 Å². The Morgan fingerprint density at radius 2 is 0.882 bits per heavy atom. The Hall–Kier alpha value is -6.70. The first-order chi connectivity index (χ1) is 25.3. The van der Waals surface area contributed by atoms with E-state index in [9.17, 15) is 0 Å². The van der Waals surface area contributed by atoms with Crippen molar-refractivity contribution in [2.45, 2.75) is 0 Å². The fourth-order valence-corrected chi connectivity index (χ4v) is 9.00. The van der Waals surface area contributed by atoms with E-state index in [0.29, 0.717) is 0 Å². The predicted octanol–water partition coefficient (Wildman–Crippen LogP) is 14.4. The van der Waals surface area contributed by atoms with Gasteiger partial charge < -0.3 is 4.42 Å². The van der Waals surface area contributed by atoms with Crippen molar-refractivity contribution >= 4 is 97.3 Å². The van der Waals surface area contributed by atoms with Gasteiger partial charge in [-0.05, 0) is 116 Å². The summed E-state index contributed by atoms with van der Waals surface area (Å²) < 4.78 is 6.92. The molecule has 51 heavy (non-hydrogen) atoms. The van der Waals surface area contributed by atoms with Crippen LogP contribution >= 0.6 is 0 Å². The van der Waals surface area contributed by atoms with Gasteiger partial charge in [0, 0.05) is 16.3 Å². The zero-order valence-electron chi connectivity index (χ0n) is 27.6. The second-order valence-electron chi connectivity index (χ2n) is 14.0. The summed E-state index contributed by atoms with van der Waals surface area (Å²) in [5, 5.41) is 20.0. The minimum Gasteiger partial charge on any atom is -0.455 e. The molecule has 1 heteroatoms. The predicted molar refractivity (Wildman–Crippen MR) is 218 cm³/mol. The maximum absolute atomic E-state index is 6.92. The van der Waals surface area contributed by atoms with Crippen LogP contribution in [0.4, 0.5) is 0 Å². The van der Waals surface area contributed by atoms with Gasteiger partial charge in [0.15, 0.2) is 0 Å². The minimum atomic E-state index is 0.912. The van der Waals surface area contributed by atoms with Gasteiger partial charge in [0.25, 0.3) is 0 Å². The molecule has 12 aromatic rings. The number of hydrogen-bond acceptors (Lipinski definition) is 1. The summed E-state index contributed by atoms with van der Waals surface area (Å²) in [4.78, 5) is 0. The molecule has 0 spiro atoms. The third-order valence-electron chi connectivity index (χ3n) is 11.3. The van der Waals surface area contributed by atoms with Gasteiger partial charge in [0.1, 0.15) is 11.2 Å². The fourth-order valence-electron chi connectivity index (χ4n) is 9.00. The van der Waals surface area contributed by atoms with E-state index < -0.39 is 0 Å². The van der Waals surface area contributed by atoms with E-state index in [1.165, 1.54) is 92.1 Å². The fraction of sp³-hybridized carbons (Fsp3) is 0. The lowest BCUT2D eigenvalue weighted by atomic mass is 9.87. The summed E-state index contributed by atoms with van der Waals surface area (Å²) in [6.07, 6.45) is 0. The quantitative estimate of drug-likeness (QED) is 0.171. The van der Waals surface area contributed by atoms with Gasteiger partial charge in [-0.1, -0.05) is 146 Å². The van der Waals surface area contributed by atoms with Crippen molar-refractivity contribution in [3.05, 3.63) is 170 Å². The highest BCUT2D eigenvalue weighted by Gasteiger charge is 2.20. The molecule has 0 fully saturated rings. The average molecular weight is 645 g/mol. The van der Waals surface area contributed by atoms with Gasteiger partial charge in [0.05, 0.1) is 0 Å². The average Bonchev–Trinajstić information content (AvgIpc) is 3.55. The highest BCUT2D eigenvalue weighted by atomic mass is 16.3. The van der Waals surface area contributed by atoms with Gasteiger partial charge in [-0.15, -0.1) is 0 Å². The van der Waals surface area contributed by atoms with Gasteiger partial charge in [0.2, 0.25) is 0 Å². The monoisotopic (exact) mass is 644 g/mol. The molecule has 0 aliphatic heterocycles. The first kappa shape index (κ1) is 27.2. The Balaban J connectivity index is 1.22. The molecule has 0 saturated carbocycles. The van der Waals surface area contributed by atoms with Crippen molar-refractivity contribution in [3.8, 4) is 22.3 Å². The molecule has 11 aromatic carbocycles. The molecular formula is C50H28O. The van der Waals surface area contributed by atoms with Gasteiger partial charge in [-0.3, -0.25) is 0 Å². The molecule has 0 unspecified atom stereocenters. The Kier molecular flexibility index (Phi) is 5.29. The second-order valence-corrected chi connectivity index (χ2v) is 14.0. The number of fused-ring (bicyclic) bond motifs is 9. The molecule has 0 bridgehead atoms. The van der Waals surface area contributed by atoms with Crippen LogP contribution in [0, 0.1) is 0 Å². The number of rotatable bonds is 2. The van der Waals surface area contributed by atoms with E-state index in [2.05, 4.69) is 170 Å². The SMILES string of the molecule is c1ccc2cc3c(cc2c1)oc1c(-c2ccc4ccc5cccc6ccc2c4c56)cc(-c2cccc4c2ccc2ccc5ccccc5c24)cc13. The molecule has 234 valence electrons. The van der Waals surface area contributed by atoms with E-state index >= 15 is 0 Å². The Morgan fingerprint density at radius 1 is 0.275 bits per heavy atom. The molecule has 12 rings (SSSR count). The van der Waals surface area contributed by atoms with Gasteiger partial charge in [-0.25, -0.2) is 0 Å². The van der Waals surface area contributed by atoms with Crippen LogP contribution in [0.2, 0.25) is 0 Å². The largest absolute Gasteiger partial charge is 0.455 e. The molecule has 0 N–H and O–H groups in total. The zero-order chi connectivity index (χ0) is 33.2. The maximum atomic E-state index is 6.92. The lowest BCUT2D eigenvalue weighted by Crippen LogP contribution is -1.89. The molecule has 1 nitrogen and oxygen atoms in total. The molecule has 1 heterocycles. The molecule has 0 radical (unpaired) electrons. The minimum absolute atomic E-state index is 0.912. The molecule has 0 amide bonds. The van der Waals surface area contributed by atoms with Crippen molar-refractivity contribution in [2.24, 2.45) is 0 Å². The van der Waals surface area contributed by atoms with Gasteiger partial charge in [-0.2, -0.15) is 0 Å². The van der Waals surface area contributed by atoms with Crippen molar-refractivity contribution in [3.63, 3.8) is 0 Å². The van der Waals surface area contributed by atoms with E-state index in [1.807, 2.05) is 0 Å². The summed E-state index contributed by atoms with van der Waals surface area (Å²) >= 11 is 0. The summed E-state index contributed by atoms with van der Waals surface area (Å²) in [6, 6.07) is 62.7. The van der Waals surface area contributed by atoms with Crippen LogP contribution in [0.3, 0.4) is 0 Å². The third-order valence-corrected chi connectivity index (χ3v) is 11.3. The lowest BCUT2D eigenvalue weighted by Gasteiger charge is -2.16. The zero-order valence-corrected chi connectivity index (χ0v) is 27.6. The number of benzene rings is 11. The van der Waals surface area contributed by atoms with Crippen LogP contribution in [0.5, 0.6) is 0 Å². The van der Waals surface area contributed by atoms with Crippen molar-refractivity contribution in [1.29, 1.82) is 0 Å². The Bertz CT molecular complexity index is 3400. The summed E-state index contributed by atoms with van der Waals surface area (Å²) in [5.74, 6) is 0. The van der Waals surface area contributed by atoms with Gasteiger partial charge >= 0.3 is 0 Å².